The summed E-state index contributed by atoms with van der Waals surface area (Å²) in [5, 5.41) is 2.95. The molecule has 1 aromatic rings. The number of hydrogen-bond donors (Lipinski definition) is 2. The maximum atomic E-state index is 11.9. The van der Waals surface area contributed by atoms with Crippen LogP contribution in [0.2, 0.25) is 0 Å². The number of amides is 1. The van der Waals surface area contributed by atoms with E-state index >= 15 is 0 Å². The van der Waals surface area contributed by atoms with Crippen molar-refractivity contribution in [2.45, 2.75) is 25.2 Å². The van der Waals surface area contributed by atoms with E-state index in [0.29, 0.717) is 18.7 Å². The number of hydrogen-bond acceptors (Lipinski definition) is 3. The number of rotatable bonds is 6. The van der Waals surface area contributed by atoms with E-state index < -0.39 is 0 Å². The predicted molar refractivity (Wildman–Crippen MR) is 76.3 cm³/mol. The molecule has 1 aromatic carbocycles. The first-order valence-corrected chi connectivity index (χ1v) is 6.45. The van der Waals surface area contributed by atoms with Gasteiger partial charge in [-0.1, -0.05) is 13.8 Å². The van der Waals surface area contributed by atoms with Gasteiger partial charge in [0.1, 0.15) is 0 Å². The Morgan fingerprint density at radius 3 is 2.50 bits per heavy atom. The van der Waals surface area contributed by atoms with Crippen molar-refractivity contribution in [3.05, 3.63) is 29.8 Å². The van der Waals surface area contributed by atoms with Gasteiger partial charge in [-0.15, -0.1) is 12.6 Å². The van der Waals surface area contributed by atoms with Crippen molar-refractivity contribution in [3.63, 3.8) is 0 Å². The number of nitrogens with one attached hydrogen (secondary N) is 1. The second-order valence-corrected chi connectivity index (χ2v) is 5.65. The van der Waals surface area contributed by atoms with E-state index in [1.807, 2.05) is 12.1 Å². The zero-order valence-electron chi connectivity index (χ0n) is 11.2. The van der Waals surface area contributed by atoms with Crippen molar-refractivity contribution in [3.8, 4) is 0 Å². The van der Waals surface area contributed by atoms with Gasteiger partial charge in [-0.05, 0) is 36.1 Å². The smallest absolute Gasteiger partial charge is 0.251 e. The van der Waals surface area contributed by atoms with Gasteiger partial charge in [-0.2, -0.15) is 0 Å². The van der Waals surface area contributed by atoms with Crippen LogP contribution < -0.4 is 5.32 Å². The molecule has 100 valence electrons. The fourth-order valence-corrected chi connectivity index (χ4v) is 1.65. The van der Waals surface area contributed by atoms with Gasteiger partial charge in [-0.25, -0.2) is 0 Å². The fraction of sp³-hybridized carbons (Fsp3) is 0.500. The second-order valence-electron chi connectivity index (χ2n) is 5.14. The summed E-state index contributed by atoms with van der Waals surface area (Å²) in [7, 11) is 1.69. The third-order valence-electron chi connectivity index (χ3n) is 2.84. The molecule has 0 aromatic heterocycles. The maximum absolute atomic E-state index is 11.9. The summed E-state index contributed by atoms with van der Waals surface area (Å²) < 4.78 is 5.06. The van der Waals surface area contributed by atoms with Crippen molar-refractivity contribution in [1.82, 2.24) is 5.32 Å². The molecular weight excluding hydrogens is 246 g/mol. The molecule has 0 aliphatic carbocycles. The molecule has 0 saturated carbocycles. The van der Waals surface area contributed by atoms with Gasteiger partial charge in [-0.3, -0.25) is 4.79 Å². The van der Waals surface area contributed by atoms with Gasteiger partial charge in [0.05, 0.1) is 0 Å². The zero-order valence-corrected chi connectivity index (χ0v) is 12.1. The van der Waals surface area contributed by atoms with Crippen LogP contribution >= 0.6 is 12.6 Å². The highest BCUT2D eigenvalue weighted by molar-refractivity contribution is 7.80. The van der Waals surface area contributed by atoms with Crippen LogP contribution in [0, 0.1) is 5.41 Å². The molecule has 0 heterocycles. The second kappa shape index (κ2) is 6.81. The summed E-state index contributed by atoms with van der Waals surface area (Å²) in [6.07, 6.45) is 0.916. The van der Waals surface area contributed by atoms with E-state index in [1.165, 1.54) is 0 Å². The summed E-state index contributed by atoms with van der Waals surface area (Å²) in [6.45, 7) is 5.57. The lowest BCUT2D eigenvalue weighted by atomic mass is 9.89. The maximum Gasteiger partial charge on any atom is 0.251 e. The highest BCUT2D eigenvalue weighted by Crippen LogP contribution is 2.19. The van der Waals surface area contributed by atoms with Crippen molar-refractivity contribution in [1.29, 1.82) is 0 Å². The van der Waals surface area contributed by atoms with Gasteiger partial charge < -0.3 is 10.1 Å². The van der Waals surface area contributed by atoms with Gasteiger partial charge >= 0.3 is 0 Å². The SMILES string of the molecule is COCCC(C)(C)CNC(=O)c1ccc(S)cc1. The number of carbonyl (C=O) groups excluding carboxylic acids is 1. The van der Waals surface area contributed by atoms with Crippen molar-refractivity contribution in [2.24, 2.45) is 5.41 Å². The normalized spacial score (nSPS) is 11.3. The molecule has 0 fully saturated rings. The number of thiol groups is 1. The Morgan fingerprint density at radius 2 is 1.94 bits per heavy atom. The molecule has 0 atom stereocenters. The van der Waals surface area contributed by atoms with E-state index in [4.69, 9.17) is 4.74 Å². The van der Waals surface area contributed by atoms with Crippen molar-refractivity contribution < 1.29 is 9.53 Å². The van der Waals surface area contributed by atoms with Crippen molar-refractivity contribution in [2.75, 3.05) is 20.3 Å². The Labute approximate surface area is 114 Å². The molecule has 1 rings (SSSR count). The molecule has 1 N–H and O–H groups in total. The lowest BCUT2D eigenvalue weighted by Crippen LogP contribution is -2.34. The quantitative estimate of drug-likeness (QED) is 0.778. The number of methoxy groups -OCH3 is 1. The standard InChI is InChI=1S/C14H21NO2S/c1-14(2,8-9-17-3)10-15-13(16)11-4-6-12(18)7-5-11/h4-7,18H,8-10H2,1-3H3,(H,15,16). The highest BCUT2D eigenvalue weighted by Gasteiger charge is 2.18. The highest BCUT2D eigenvalue weighted by atomic mass is 32.1. The molecule has 0 spiro atoms. The summed E-state index contributed by atoms with van der Waals surface area (Å²) >= 11 is 4.19. The Balaban J connectivity index is 2.48. The first-order chi connectivity index (χ1) is 8.44. The third kappa shape index (κ3) is 5.10. The predicted octanol–water partition coefficient (Wildman–Crippen LogP) is 2.77. The Morgan fingerprint density at radius 1 is 1.33 bits per heavy atom. The van der Waals surface area contributed by atoms with Crippen LogP contribution in [0.25, 0.3) is 0 Å². The molecule has 18 heavy (non-hydrogen) atoms. The van der Waals surface area contributed by atoms with Crippen LogP contribution in [0.15, 0.2) is 29.2 Å². The Hall–Kier alpha value is -1.00. The van der Waals surface area contributed by atoms with Crippen LogP contribution in [0.4, 0.5) is 0 Å². The molecule has 0 aliphatic rings. The summed E-state index contributed by atoms with van der Waals surface area (Å²) in [5.41, 5.74) is 0.699. The van der Waals surface area contributed by atoms with Gasteiger partial charge in [0, 0.05) is 30.7 Å². The number of benzene rings is 1. The first-order valence-electron chi connectivity index (χ1n) is 6.01. The van der Waals surface area contributed by atoms with E-state index in [0.717, 1.165) is 11.3 Å². The lowest BCUT2D eigenvalue weighted by Gasteiger charge is -2.24. The molecule has 0 radical (unpaired) electrons. The summed E-state index contributed by atoms with van der Waals surface area (Å²) in [4.78, 5) is 12.8. The zero-order chi connectivity index (χ0) is 13.6. The largest absolute Gasteiger partial charge is 0.385 e. The summed E-state index contributed by atoms with van der Waals surface area (Å²) in [5.74, 6) is -0.0474. The minimum atomic E-state index is -0.0474. The van der Waals surface area contributed by atoms with Crippen molar-refractivity contribution >= 4 is 18.5 Å². The van der Waals surface area contributed by atoms with Gasteiger partial charge in [0.2, 0.25) is 0 Å². The monoisotopic (exact) mass is 267 g/mol. The lowest BCUT2D eigenvalue weighted by molar-refractivity contribution is 0.0921. The topological polar surface area (TPSA) is 38.3 Å². The summed E-state index contributed by atoms with van der Waals surface area (Å²) in [6, 6.07) is 7.18. The van der Waals surface area contributed by atoms with Crippen LogP contribution in [0.3, 0.4) is 0 Å². The van der Waals surface area contributed by atoms with E-state index in [9.17, 15) is 4.79 Å². The average molecular weight is 267 g/mol. The molecule has 0 aliphatic heterocycles. The molecule has 0 bridgehead atoms. The van der Waals surface area contributed by atoms with Crippen LogP contribution in [-0.4, -0.2) is 26.2 Å². The van der Waals surface area contributed by atoms with Crippen LogP contribution in [0.1, 0.15) is 30.6 Å². The fourth-order valence-electron chi connectivity index (χ4n) is 1.50. The van der Waals surface area contributed by atoms with E-state index in [2.05, 4.69) is 31.8 Å². The van der Waals surface area contributed by atoms with E-state index in [1.54, 1.807) is 19.2 Å². The molecule has 3 nitrogen and oxygen atoms in total. The first kappa shape index (κ1) is 15.1. The minimum absolute atomic E-state index is 0.0369. The molecule has 0 unspecified atom stereocenters. The van der Waals surface area contributed by atoms with E-state index in [-0.39, 0.29) is 11.3 Å². The average Bonchev–Trinajstić information content (AvgIpc) is 2.35. The number of ether oxygens (including phenoxy) is 1. The van der Waals surface area contributed by atoms with Gasteiger partial charge in [0.15, 0.2) is 0 Å². The third-order valence-corrected chi connectivity index (χ3v) is 3.14. The van der Waals surface area contributed by atoms with Crippen LogP contribution in [0.5, 0.6) is 0 Å². The Kier molecular flexibility index (Phi) is 5.69. The molecule has 4 heteroatoms. The van der Waals surface area contributed by atoms with Crippen LogP contribution in [-0.2, 0) is 4.74 Å². The minimum Gasteiger partial charge on any atom is -0.385 e. The molecular formula is C14H21NO2S. The molecule has 1 amide bonds. The Bertz CT molecular complexity index is 387. The molecule has 0 saturated heterocycles. The number of carbonyl (C=O) groups is 1. The van der Waals surface area contributed by atoms with Gasteiger partial charge in [0.25, 0.3) is 5.91 Å².